The first-order valence-corrected chi connectivity index (χ1v) is 12.3. The van der Waals surface area contributed by atoms with Gasteiger partial charge in [0.2, 0.25) is 0 Å². The van der Waals surface area contributed by atoms with Crippen LogP contribution in [0.1, 0.15) is 47.2 Å². The molecular weight excluding hydrogens is 434 g/mol. The van der Waals surface area contributed by atoms with Crippen molar-refractivity contribution in [3.05, 3.63) is 102 Å². The number of fused-ring (bicyclic) bond motifs is 1. The summed E-state index contributed by atoms with van der Waals surface area (Å²) in [4.78, 5) is 17.5. The number of hydrogen-bond acceptors (Lipinski definition) is 4. The number of rotatable bonds is 7. The lowest BCUT2D eigenvalue weighted by atomic mass is 9.91. The minimum absolute atomic E-state index is 0.0251. The molecule has 0 radical (unpaired) electrons. The molecule has 178 valence electrons. The Bertz CT molecular complexity index is 1280. The van der Waals surface area contributed by atoms with Crippen LogP contribution in [-0.4, -0.2) is 23.0 Å². The van der Waals surface area contributed by atoms with Crippen LogP contribution >= 0.6 is 0 Å². The Hall–Kier alpha value is -3.86. The SMILES string of the molecule is Cc1cc(NC2CCC(NC(=O)c3ccc(OCc4ccccc4)cc3)CC2)nc2ccccc12. The van der Waals surface area contributed by atoms with E-state index in [0.29, 0.717) is 18.2 Å². The zero-order valence-electron chi connectivity index (χ0n) is 20.0. The summed E-state index contributed by atoms with van der Waals surface area (Å²) >= 11 is 0. The number of pyridine rings is 1. The average Bonchev–Trinajstić information content (AvgIpc) is 2.89. The molecule has 5 nitrogen and oxygen atoms in total. The normalized spacial score (nSPS) is 17.6. The van der Waals surface area contributed by atoms with Crippen LogP contribution in [-0.2, 0) is 6.61 Å². The maximum absolute atomic E-state index is 12.8. The third kappa shape index (κ3) is 5.80. The lowest BCUT2D eigenvalue weighted by molar-refractivity contribution is 0.0926. The minimum atomic E-state index is -0.0251. The maximum Gasteiger partial charge on any atom is 0.251 e. The van der Waals surface area contributed by atoms with Gasteiger partial charge in [-0.15, -0.1) is 0 Å². The van der Waals surface area contributed by atoms with Crippen molar-refractivity contribution in [2.45, 2.75) is 51.3 Å². The number of carbonyl (C=O) groups excluding carboxylic acids is 1. The van der Waals surface area contributed by atoms with Crippen molar-refractivity contribution >= 4 is 22.6 Å². The standard InChI is InChI=1S/C30H31N3O2/c1-21-19-29(33-28-10-6-5-9-27(21)28)31-24-13-15-25(16-14-24)32-30(34)23-11-17-26(18-12-23)35-20-22-7-3-2-4-8-22/h2-12,17-19,24-25H,13-16,20H2,1H3,(H,31,33)(H,32,34). The number of ether oxygens (including phenoxy) is 1. The molecule has 0 spiro atoms. The second-order valence-corrected chi connectivity index (χ2v) is 9.31. The lowest BCUT2D eigenvalue weighted by Gasteiger charge is -2.30. The van der Waals surface area contributed by atoms with Gasteiger partial charge in [-0.2, -0.15) is 0 Å². The van der Waals surface area contributed by atoms with Gasteiger partial charge in [-0.25, -0.2) is 4.98 Å². The van der Waals surface area contributed by atoms with Crippen LogP contribution in [0.15, 0.2) is 84.9 Å². The molecule has 0 atom stereocenters. The highest BCUT2D eigenvalue weighted by Crippen LogP contribution is 2.25. The first-order valence-electron chi connectivity index (χ1n) is 12.3. The third-order valence-electron chi connectivity index (χ3n) is 6.70. The molecule has 1 amide bonds. The van der Waals surface area contributed by atoms with E-state index in [0.717, 1.165) is 48.3 Å². The van der Waals surface area contributed by atoms with E-state index in [1.165, 1.54) is 10.9 Å². The first-order chi connectivity index (χ1) is 17.1. The second kappa shape index (κ2) is 10.6. The average molecular weight is 466 g/mol. The number of nitrogens with one attached hydrogen (secondary N) is 2. The molecule has 5 rings (SSSR count). The Balaban J connectivity index is 1.10. The molecule has 5 heteroatoms. The smallest absolute Gasteiger partial charge is 0.251 e. The van der Waals surface area contributed by atoms with Crippen LogP contribution in [0.4, 0.5) is 5.82 Å². The number of hydrogen-bond donors (Lipinski definition) is 2. The van der Waals surface area contributed by atoms with E-state index < -0.39 is 0 Å². The van der Waals surface area contributed by atoms with Crippen LogP contribution in [0, 0.1) is 6.92 Å². The molecule has 0 aliphatic heterocycles. The molecule has 1 aliphatic carbocycles. The minimum Gasteiger partial charge on any atom is -0.489 e. The summed E-state index contributed by atoms with van der Waals surface area (Å²) in [5, 5.41) is 8.01. The Morgan fingerprint density at radius 1 is 0.886 bits per heavy atom. The molecule has 0 bridgehead atoms. The van der Waals surface area contributed by atoms with Crippen LogP contribution < -0.4 is 15.4 Å². The molecule has 35 heavy (non-hydrogen) atoms. The Labute approximate surface area is 206 Å². The van der Waals surface area contributed by atoms with Gasteiger partial charge in [-0.3, -0.25) is 4.79 Å². The summed E-state index contributed by atoms with van der Waals surface area (Å²) in [6.45, 7) is 2.64. The molecule has 2 N–H and O–H groups in total. The number of nitrogens with zero attached hydrogens (tertiary/aromatic N) is 1. The van der Waals surface area contributed by atoms with Crippen LogP contribution in [0.5, 0.6) is 5.75 Å². The molecule has 0 unspecified atom stereocenters. The number of aryl methyl sites for hydroxylation is 1. The predicted octanol–water partition coefficient (Wildman–Crippen LogP) is 6.28. The molecule has 0 saturated heterocycles. The van der Waals surface area contributed by atoms with E-state index in [2.05, 4.69) is 35.8 Å². The van der Waals surface area contributed by atoms with E-state index in [4.69, 9.17) is 9.72 Å². The number of anilines is 1. The summed E-state index contributed by atoms with van der Waals surface area (Å²) in [5.41, 5.74) is 4.03. The van der Waals surface area contributed by atoms with Crippen molar-refractivity contribution in [2.24, 2.45) is 0 Å². The fourth-order valence-corrected chi connectivity index (χ4v) is 4.73. The van der Waals surface area contributed by atoms with Gasteiger partial charge in [0.15, 0.2) is 0 Å². The van der Waals surface area contributed by atoms with Crippen molar-refractivity contribution in [2.75, 3.05) is 5.32 Å². The van der Waals surface area contributed by atoms with Gasteiger partial charge in [0.25, 0.3) is 5.91 Å². The first kappa shape index (κ1) is 22.9. The highest BCUT2D eigenvalue weighted by atomic mass is 16.5. The summed E-state index contributed by atoms with van der Waals surface area (Å²) in [5.74, 6) is 1.67. The van der Waals surface area contributed by atoms with Crippen LogP contribution in [0.25, 0.3) is 10.9 Å². The number of benzene rings is 3. The molecule has 3 aromatic carbocycles. The molecule has 1 aliphatic rings. The van der Waals surface area contributed by atoms with Crippen molar-refractivity contribution in [3.8, 4) is 5.75 Å². The number of amides is 1. The molecule has 1 aromatic heterocycles. The summed E-state index contributed by atoms with van der Waals surface area (Å²) in [7, 11) is 0. The number of carbonyl (C=O) groups is 1. The molecule has 1 saturated carbocycles. The highest BCUT2D eigenvalue weighted by Gasteiger charge is 2.23. The Morgan fingerprint density at radius 2 is 1.57 bits per heavy atom. The van der Waals surface area contributed by atoms with Gasteiger partial charge in [0.05, 0.1) is 5.52 Å². The van der Waals surface area contributed by atoms with Gasteiger partial charge in [-0.1, -0.05) is 48.5 Å². The van der Waals surface area contributed by atoms with E-state index in [-0.39, 0.29) is 11.9 Å². The van der Waals surface area contributed by atoms with E-state index in [1.54, 1.807) is 0 Å². The van der Waals surface area contributed by atoms with E-state index in [9.17, 15) is 4.79 Å². The number of para-hydroxylation sites is 1. The predicted molar refractivity (Wildman–Crippen MR) is 141 cm³/mol. The fraction of sp³-hybridized carbons (Fsp3) is 0.267. The topological polar surface area (TPSA) is 63.2 Å². The van der Waals surface area contributed by atoms with Gasteiger partial charge < -0.3 is 15.4 Å². The second-order valence-electron chi connectivity index (χ2n) is 9.31. The monoisotopic (exact) mass is 465 g/mol. The summed E-state index contributed by atoms with van der Waals surface area (Å²) in [6, 6.07) is 28.4. The van der Waals surface area contributed by atoms with Crippen molar-refractivity contribution in [3.63, 3.8) is 0 Å². The van der Waals surface area contributed by atoms with E-state index in [1.807, 2.05) is 66.7 Å². The van der Waals surface area contributed by atoms with Crippen LogP contribution in [0.3, 0.4) is 0 Å². The van der Waals surface area contributed by atoms with Gasteiger partial charge in [0.1, 0.15) is 18.2 Å². The zero-order chi connectivity index (χ0) is 24.0. The maximum atomic E-state index is 12.8. The van der Waals surface area contributed by atoms with Gasteiger partial charge >= 0.3 is 0 Å². The van der Waals surface area contributed by atoms with Crippen molar-refractivity contribution in [1.82, 2.24) is 10.3 Å². The Morgan fingerprint density at radius 3 is 2.34 bits per heavy atom. The van der Waals surface area contributed by atoms with Crippen molar-refractivity contribution in [1.29, 1.82) is 0 Å². The van der Waals surface area contributed by atoms with Crippen LogP contribution in [0.2, 0.25) is 0 Å². The number of aromatic nitrogens is 1. The van der Waals surface area contributed by atoms with Gasteiger partial charge in [0, 0.05) is 23.0 Å². The molecule has 1 fully saturated rings. The Kier molecular flexibility index (Phi) is 6.94. The zero-order valence-corrected chi connectivity index (χ0v) is 20.0. The highest BCUT2D eigenvalue weighted by molar-refractivity contribution is 5.94. The van der Waals surface area contributed by atoms with E-state index >= 15 is 0 Å². The summed E-state index contributed by atoms with van der Waals surface area (Å²) < 4.78 is 5.82. The summed E-state index contributed by atoms with van der Waals surface area (Å²) in [6.07, 6.45) is 3.91. The molecule has 4 aromatic rings. The third-order valence-corrected chi connectivity index (χ3v) is 6.70. The lowest BCUT2D eigenvalue weighted by Crippen LogP contribution is -2.40. The van der Waals surface area contributed by atoms with Gasteiger partial charge in [-0.05, 0) is 80.1 Å². The van der Waals surface area contributed by atoms with Crippen molar-refractivity contribution < 1.29 is 9.53 Å². The quantitative estimate of drug-likeness (QED) is 0.337. The fourth-order valence-electron chi connectivity index (χ4n) is 4.73. The molecule has 1 heterocycles. The molecular formula is C30H31N3O2. The largest absolute Gasteiger partial charge is 0.489 e.